The predicted octanol–water partition coefficient (Wildman–Crippen LogP) is 5.66. The van der Waals surface area contributed by atoms with E-state index in [1.165, 1.54) is 12.0 Å². The van der Waals surface area contributed by atoms with Crippen LogP contribution in [0.1, 0.15) is 30.5 Å². The van der Waals surface area contributed by atoms with E-state index in [9.17, 15) is 0 Å². The van der Waals surface area contributed by atoms with Gasteiger partial charge in [-0.2, -0.15) is 5.10 Å². The largest absolute Gasteiger partial charge is 0.321 e. The molecule has 0 saturated heterocycles. The summed E-state index contributed by atoms with van der Waals surface area (Å²) in [6.07, 6.45) is 3.28. The third-order valence-electron chi connectivity index (χ3n) is 7.65. The topological polar surface area (TPSA) is 86.9 Å². The molecule has 7 heteroatoms. The lowest BCUT2D eigenvalue weighted by Crippen LogP contribution is -2.43. The zero-order valence-electron chi connectivity index (χ0n) is 20.9. The Kier molecular flexibility index (Phi) is 4.78. The van der Waals surface area contributed by atoms with E-state index in [4.69, 9.17) is 10.7 Å². The van der Waals surface area contributed by atoms with Crippen LogP contribution in [0.2, 0.25) is 0 Å². The number of aromatic nitrogens is 6. The van der Waals surface area contributed by atoms with Crippen molar-refractivity contribution in [2.75, 3.05) is 0 Å². The zero-order valence-corrected chi connectivity index (χ0v) is 20.9. The molecule has 0 aliphatic heterocycles. The van der Waals surface area contributed by atoms with Gasteiger partial charge in [0.15, 0.2) is 11.5 Å². The van der Waals surface area contributed by atoms with Crippen LogP contribution in [0.3, 0.4) is 0 Å². The smallest absolute Gasteiger partial charge is 0.187 e. The highest BCUT2D eigenvalue weighted by molar-refractivity contribution is 5.92. The number of nitrogens with two attached hydrogens (primary N) is 1. The van der Waals surface area contributed by atoms with Crippen molar-refractivity contribution in [2.45, 2.75) is 31.7 Å². The monoisotopic (exact) mass is 485 g/mol. The van der Waals surface area contributed by atoms with E-state index in [0.717, 1.165) is 69.1 Å². The maximum absolute atomic E-state index is 6.59. The third kappa shape index (κ3) is 3.46. The van der Waals surface area contributed by atoms with Crippen LogP contribution in [0, 0.1) is 6.92 Å². The fraction of sp³-hybridized carbons (Fsp3) is 0.200. The van der Waals surface area contributed by atoms with Gasteiger partial charge in [0.25, 0.3) is 0 Å². The SMILES string of the molecule is Cc1cc(-c2nnc3ccc4nc(-c5ccc(C6(N)CCC6)cc5)c(-c5ccccc5)cc4n23)n(C)n1. The van der Waals surface area contributed by atoms with Crippen molar-refractivity contribution in [1.82, 2.24) is 29.4 Å². The number of rotatable bonds is 4. The van der Waals surface area contributed by atoms with E-state index >= 15 is 0 Å². The Bertz CT molecular complexity index is 1770. The van der Waals surface area contributed by atoms with Gasteiger partial charge in [-0.3, -0.25) is 9.08 Å². The van der Waals surface area contributed by atoms with Crippen LogP contribution in [-0.2, 0) is 12.6 Å². The second-order valence-electron chi connectivity index (χ2n) is 10.1. The fourth-order valence-corrected chi connectivity index (χ4v) is 5.46. The molecule has 6 aromatic rings. The molecule has 1 aliphatic carbocycles. The Labute approximate surface area is 214 Å². The minimum atomic E-state index is -0.182. The molecular formula is C30H27N7. The number of hydrogen-bond acceptors (Lipinski definition) is 5. The fourth-order valence-electron chi connectivity index (χ4n) is 5.46. The molecule has 1 saturated carbocycles. The van der Waals surface area contributed by atoms with Crippen LogP contribution >= 0.6 is 0 Å². The zero-order chi connectivity index (χ0) is 25.1. The number of fused-ring (bicyclic) bond motifs is 3. The summed E-state index contributed by atoms with van der Waals surface area (Å²) < 4.78 is 3.92. The molecule has 7 rings (SSSR count). The Morgan fingerprint density at radius 3 is 2.32 bits per heavy atom. The van der Waals surface area contributed by atoms with Gasteiger partial charge in [0.05, 0.1) is 22.4 Å². The van der Waals surface area contributed by atoms with Gasteiger partial charge < -0.3 is 5.73 Å². The van der Waals surface area contributed by atoms with Crippen LogP contribution in [0.25, 0.3) is 50.6 Å². The summed E-state index contributed by atoms with van der Waals surface area (Å²) >= 11 is 0. The maximum atomic E-state index is 6.59. The quantitative estimate of drug-likeness (QED) is 0.348. The molecule has 1 aliphatic rings. The molecule has 2 aromatic carbocycles. The number of nitrogens with zero attached hydrogens (tertiary/aromatic N) is 6. The van der Waals surface area contributed by atoms with E-state index in [0.29, 0.717) is 0 Å². The molecule has 4 heterocycles. The highest BCUT2D eigenvalue weighted by Crippen LogP contribution is 2.40. The molecule has 0 amide bonds. The summed E-state index contributed by atoms with van der Waals surface area (Å²) in [6.45, 7) is 1.98. The Morgan fingerprint density at radius 1 is 0.865 bits per heavy atom. The lowest BCUT2D eigenvalue weighted by atomic mass is 9.72. The summed E-state index contributed by atoms with van der Waals surface area (Å²) in [7, 11) is 1.93. The van der Waals surface area contributed by atoms with Crippen molar-refractivity contribution < 1.29 is 0 Å². The molecule has 2 N–H and O–H groups in total. The number of pyridine rings is 2. The molecule has 4 aromatic heterocycles. The molecule has 0 radical (unpaired) electrons. The summed E-state index contributed by atoms with van der Waals surface area (Å²) in [6, 6.07) is 27.3. The van der Waals surface area contributed by atoms with E-state index in [1.54, 1.807) is 0 Å². The van der Waals surface area contributed by atoms with Crippen LogP contribution in [-0.4, -0.2) is 29.4 Å². The molecule has 0 unspecified atom stereocenters. The first-order chi connectivity index (χ1) is 18.0. The average molecular weight is 486 g/mol. The highest BCUT2D eigenvalue weighted by atomic mass is 15.3. The van der Waals surface area contributed by atoms with Crippen molar-refractivity contribution in [3.05, 3.63) is 90.1 Å². The third-order valence-corrected chi connectivity index (χ3v) is 7.65. The van der Waals surface area contributed by atoms with E-state index in [1.807, 2.05) is 42.9 Å². The van der Waals surface area contributed by atoms with Gasteiger partial charge in [0.2, 0.25) is 0 Å². The average Bonchev–Trinajstić information content (AvgIpc) is 3.49. The first-order valence-electron chi connectivity index (χ1n) is 12.7. The van der Waals surface area contributed by atoms with Gasteiger partial charge in [-0.25, -0.2) is 4.98 Å². The van der Waals surface area contributed by atoms with Crippen LogP contribution in [0.5, 0.6) is 0 Å². The Morgan fingerprint density at radius 2 is 1.65 bits per heavy atom. The molecular weight excluding hydrogens is 458 g/mol. The number of benzene rings is 2. The van der Waals surface area contributed by atoms with Crippen molar-refractivity contribution in [3.63, 3.8) is 0 Å². The molecule has 7 nitrogen and oxygen atoms in total. The minimum absolute atomic E-state index is 0.182. The van der Waals surface area contributed by atoms with Crippen LogP contribution < -0.4 is 5.73 Å². The standard InChI is InChI=1S/C30H27N7/c1-19-17-26(36(2)35-19)29-34-33-27-14-13-24-25(37(27)29)18-23(20-7-4-3-5-8-20)28(32-24)21-9-11-22(12-10-21)30(31)15-6-16-30/h3-5,7-14,17-18H,6,15-16,31H2,1-2H3. The lowest BCUT2D eigenvalue weighted by Gasteiger charge is -2.38. The molecule has 182 valence electrons. The first kappa shape index (κ1) is 21.9. The Balaban J connectivity index is 1.47. The summed E-state index contributed by atoms with van der Waals surface area (Å²) in [5.41, 5.74) is 16.2. The molecule has 0 bridgehead atoms. The van der Waals surface area contributed by atoms with Gasteiger partial charge in [-0.05, 0) is 61.6 Å². The second kappa shape index (κ2) is 8.08. The first-order valence-corrected chi connectivity index (χ1v) is 12.7. The van der Waals surface area contributed by atoms with Gasteiger partial charge >= 0.3 is 0 Å². The highest BCUT2D eigenvalue weighted by Gasteiger charge is 2.34. The summed E-state index contributed by atoms with van der Waals surface area (Å²) in [4.78, 5) is 5.21. The van der Waals surface area contributed by atoms with E-state index in [2.05, 4.69) is 74.3 Å². The lowest BCUT2D eigenvalue weighted by molar-refractivity contribution is 0.253. The number of aryl methyl sites for hydroxylation is 2. The van der Waals surface area contributed by atoms with Crippen LogP contribution in [0.15, 0.2) is 78.9 Å². The van der Waals surface area contributed by atoms with Crippen LogP contribution in [0.4, 0.5) is 0 Å². The van der Waals surface area contributed by atoms with E-state index in [-0.39, 0.29) is 5.54 Å². The van der Waals surface area contributed by atoms with Crippen molar-refractivity contribution in [1.29, 1.82) is 0 Å². The summed E-state index contributed by atoms with van der Waals surface area (Å²) in [5, 5.41) is 13.5. The predicted molar refractivity (Wildman–Crippen MR) is 146 cm³/mol. The number of hydrogen-bond donors (Lipinski definition) is 1. The summed E-state index contributed by atoms with van der Waals surface area (Å²) in [5.74, 6) is 0.746. The van der Waals surface area contributed by atoms with Crippen molar-refractivity contribution in [3.8, 4) is 33.9 Å². The minimum Gasteiger partial charge on any atom is -0.321 e. The van der Waals surface area contributed by atoms with Gasteiger partial charge in [-0.1, -0.05) is 54.6 Å². The molecule has 1 fully saturated rings. The molecule has 0 atom stereocenters. The van der Waals surface area contributed by atoms with Crippen molar-refractivity contribution in [2.24, 2.45) is 12.8 Å². The molecule has 37 heavy (non-hydrogen) atoms. The van der Waals surface area contributed by atoms with Gasteiger partial charge in [0.1, 0.15) is 5.69 Å². The normalized spacial score (nSPS) is 14.8. The molecule has 0 spiro atoms. The van der Waals surface area contributed by atoms with Gasteiger partial charge in [-0.15, -0.1) is 10.2 Å². The maximum Gasteiger partial charge on any atom is 0.187 e. The van der Waals surface area contributed by atoms with E-state index < -0.39 is 0 Å². The van der Waals surface area contributed by atoms with Crippen molar-refractivity contribution >= 4 is 16.7 Å². The second-order valence-corrected chi connectivity index (χ2v) is 10.1. The Hall–Kier alpha value is -4.36. The van der Waals surface area contributed by atoms with Gasteiger partial charge in [0, 0.05) is 23.7 Å².